The van der Waals surface area contributed by atoms with Crippen molar-refractivity contribution >= 4 is 0 Å². The normalized spacial score (nSPS) is 22.1. The Balaban J connectivity index is 1.92. The van der Waals surface area contributed by atoms with E-state index in [4.69, 9.17) is 4.74 Å². The Kier molecular flexibility index (Phi) is 2.80. The van der Waals surface area contributed by atoms with Gasteiger partial charge in [-0.1, -0.05) is 48.0 Å². The van der Waals surface area contributed by atoms with E-state index in [1.807, 2.05) is 24.3 Å². The number of para-hydroxylation sites is 1. The van der Waals surface area contributed by atoms with E-state index in [0.29, 0.717) is 6.42 Å². The molecule has 0 amide bonds. The van der Waals surface area contributed by atoms with Crippen LogP contribution in [-0.2, 0) is 0 Å². The predicted molar refractivity (Wildman–Crippen MR) is 70.6 cm³/mol. The van der Waals surface area contributed by atoms with Crippen LogP contribution < -0.4 is 4.74 Å². The molecule has 0 saturated heterocycles. The van der Waals surface area contributed by atoms with Crippen molar-refractivity contribution in [1.29, 1.82) is 0 Å². The van der Waals surface area contributed by atoms with E-state index in [1.54, 1.807) is 0 Å². The fourth-order valence-corrected chi connectivity index (χ4v) is 2.38. The molecule has 1 aliphatic rings. The first-order valence-electron chi connectivity index (χ1n) is 6.24. The highest BCUT2D eigenvalue weighted by Crippen LogP contribution is 2.40. The third-order valence-electron chi connectivity index (χ3n) is 3.43. The molecule has 3 rings (SSSR count). The van der Waals surface area contributed by atoms with Gasteiger partial charge in [-0.3, -0.25) is 0 Å². The van der Waals surface area contributed by atoms with Gasteiger partial charge in [0.15, 0.2) is 0 Å². The van der Waals surface area contributed by atoms with Crippen molar-refractivity contribution in [3.05, 3.63) is 65.2 Å². The molecule has 1 heterocycles. The number of aliphatic hydroxyl groups is 1. The molecule has 0 aliphatic carbocycles. The van der Waals surface area contributed by atoms with Crippen LogP contribution in [-0.4, -0.2) is 5.11 Å². The van der Waals surface area contributed by atoms with Crippen LogP contribution in [0.25, 0.3) is 0 Å². The van der Waals surface area contributed by atoms with E-state index in [-0.39, 0.29) is 6.10 Å². The summed E-state index contributed by atoms with van der Waals surface area (Å²) in [6.07, 6.45) is 0.108. The summed E-state index contributed by atoms with van der Waals surface area (Å²) in [4.78, 5) is 0. The summed E-state index contributed by atoms with van der Waals surface area (Å²) in [6, 6.07) is 16.0. The van der Waals surface area contributed by atoms with E-state index in [1.165, 1.54) is 5.56 Å². The lowest BCUT2D eigenvalue weighted by atomic mass is 9.95. The first-order valence-corrected chi connectivity index (χ1v) is 6.24. The van der Waals surface area contributed by atoms with Crippen molar-refractivity contribution in [2.24, 2.45) is 0 Å². The van der Waals surface area contributed by atoms with Crippen LogP contribution in [0.5, 0.6) is 5.75 Å². The highest BCUT2D eigenvalue weighted by molar-refractivity contribution is 5.38. The first-order chi connectivity index (χ1) is 8.74. The lowest BCUT2D eigenvalue weighted by Gasteiger charge is -2.29. The van der Waals surface area contributed by atoms with Crippen molar-refractivity contribution in [3.63, 3.8) is 0 Å². The minimum absolute atomic E-state index is 0.0597. The Morgan fingerprint density at radius 3 is 2.56 bits per heavy atom. The zero-order valence-corrected chi connectivity index (χ0v) is 10.3. The Labute approximate surface area is 107 Å². The molecule has 0 aromatic heterocycles. The summed E-state index contributed by atoms with van der Waals surface area (Å²) in [5.41, 5.74) is 3.24. The average Bonchev–Trinajstić information content (AvgIpc) is 2.39. The summed E-state index contributed by atoms with van der Waals surface area (Å²) in [5.74, 6) is 0.793. The second kappa shape index (κ2) is 4.46. The lowest BCUT2D eigenvalue weighted by Crippen LogP contribution is -2.18. The van der Waals surface area contributed by atoms with Crippen LogP contribution in [0.15, 0.2) is 48.5 Å². The number of hydrogen-bond donors (Lipinski definition) is 1. The molecule has 2 aromatic rings. The highest BCUT2D eigenvalue weighted by Gasteiger charge is 2.27. The van der Waals surface area contributed by atoms with Crippen LogP contribution >= 0.6 is 0 Å². The summed E-state index contributed by atoms with van der Waals surface area (Å²) >= 11 is 0. The number of hydrogen-bond acceptors (Lipinski definition) is 2. The molecule has 92 valence electrons. The zero-order chi connectivity index (χ0) is 12.5. The van der Waals surface area contributed by atoms with Crippen molar-refractivity contribution in [2.45, 2.75) is 25.6 Å². The molecule has 0 radical (unpaired) electrons. The van der Waals surface area contributed by atoms with Gasteiger partial charge in [0.2, 0.25) is 0 Å². The maximum atomic E-state index is 10.2. The average molecular weight is 240 g/mol. The predicted octanol–water partition coefficient (Wildman–Crippen LogP) is 3.55. The lowest BCUT2D eigenvalue weighted by molar-refractivity contribution is 0.0657. The van der Waals surface area contributed by atoms with Crippen molar-refractivity contribution in [1.82, 2.24) is 0 Å². The molecule has 18 heavy (non-hydrogen) atoms. The smallest absolute Gasteiger partial charge is 0.127 e. The molecule has 2 heteroatoms. The van der Waals surface area contributed by atoms with E-state index in [9.17, 15) is 5.11 Å². The molecule has 0 fully saturated rings. The summed E-state index contributed by atoms with van der Waals surface area (Å²) in [5, 5.41) is 10.2. The van der Waals surface area contributed by atoms with Crippen LogP contribution in [0.3, 0.4) is 0 Å². The SMILES string of the molecule is Cc1ccc(C2C[C@H](O)c3ccccc3O2)cc1. The summed E-state index contributed by atoms with van der Waals surface area (Å²) in [7, 11) is 0. The van der Waals surface area contributed by atoms with Gasteiger partial charge in [0.05, 0.1) is 6.10 Å². The van der Waals surface area contributed by atoms with E-state index < -0.39 is 6.10 Å². The van der Waals surface area contributed by atoms with Gasteiger partial charge in [-0.15, -0.1) is 0 Å². The third-order valence-corrected chi connectivity index (χ3v) is 3.43. The fraction of sp³-hybridized carbons (Fsp3) is 0.250. The molecule has 0 spiro atoms. The van der Waals surface area contributed by atoms with Crippen molar-refractivity contribution in [3.8, 4) is 5.75 Å². The molecule has 2 nitrogen and oxygen atoms in total. The van der Waals surface area contributed by atoms with Gasteiger partial charge < -0.3 is 9.84 Å². The fourth-order valence-electron chi connectivity index (χ4n) is 2.38. The quantitative estimate of drug-likeness (QED) is 0.826. The summed E-state index contributed by atoms with van der Waals surface area (Å²) < 4.78 is 5.97. The van der Waals surface area contributed by atoms with Gasteiger partial charge in [0.25, 0.3) is 0 Å². The number of benzene rings is 2. The molecule has 1 N–H and O–H groups in total. The second-order valence-corrected chi connectivity index (χ2v) is 4.81. The van der Waals surface area contributed by atoms with Gasteiger partial charge in [0, 0.05) is 12.0 Å². The van der Waals surface area contributed by atoms with Gasteiger partial charge in [0.1, 0.15) is 11.9 Å². The van der Waals surface area contributed by atoms with Gasteiger partial charge in [-0.2, -0.15) is 0 Å². The van der Waals surface area contributed by atoms with Crippen LogP contribution in [0.2, 0.25) is 0 Å². The van der Waals surface area contributed by atoms with E-state index in [2.05, 4.69) is 31.2 Å². The second-order valence-electron chi connectivity index (χ2n) is 4.81. The Morgan fingerprint density at radius 1 is 1.06 bits per heavy atom. The Morgan fingerprint density at radius 2 is 1.78 bits per heavy atom. The molecule has 1 aliphatic heterocycles. The Bertz CT molecular complexity index is 545. The van der Waals surface area contributed by atoms with Gasteiger partial charge in [-0.25, -0.2) is 0 Å². The van der Waals surface area contributed by atoms with Crippen LogP contribution in [0, 0.1) is 6.92 Å². The van der Waals surface area contributed by atoms with Crippen LogP contribution in [0.1, 0.15) is 35.3 Å². The third kappa shape index (κ3) is 2.00. The van der Waals surface area contributed by atoms with Crippen molar-refractivity contribution in [2.75, 3.05) is 0 Å². The topological polar surface area (TPSA) is 29.5 Å². The number of rotatable bonds is 1. The van der Waals surface area contributed by atoms with Gasteiger partial charge >= 0.3 is 0 Å². The van der Waals surface area contributed by atoms with Gasteiger partial charge in [-0.05, 0) is 18.6 Å². The monoisotopic (exact) mass is 240 g/mol. The van der Waals surface area contributed by atoms with Crippen molar-refractivity contribution < 1.29 is 9.84 Å². The Hall–Kier alpha value is -1.80. The standard InChI is InChI=1S/C16H16O2/c1-11-6-8-12(9-7-11)16-10-14(17)13-4-2-3-5-15(13)18-16/h2-9,14,16-17H,10H2,1H3/t14-,16?/m0/s1. The molecule has 2 aromatic carbocycles. The number of aryl methyl sites for hydroxylation is 1. The maximum Gasteiger partial charge on any atom is 0.127 e. The molecular formula is C16H16O2. The van der Waals surface area contributed by atoms with Crippen LogP contribution in [0.4, 0.5) is 0 Å². The largest absolute Gasteiger partial charge is 0.485 e. The maximum absolute atomic E-state index is 10.2. The molecule has 0 saturated carbocycles. The molecular weight excluding hydrogens is 224 g/mol. The molecule has 2 atom stereocenters. The number of fused-ring (bicyclic) bond motifs is 1. The zero-order valence-electron chi connectivity index (χ0n) is 10.3. The minimum Gasteiger partial charge on any atom is -0.485 e. The number of ether oxygens (including phenoxy) is 1. The molecule has 1 unspecified atom stereocenters. The number of aliphatic hydroxyl groups excluding tert-OH is 1. The minimum atomic E-state index is -0.443. The summed E-state index contributed by atoms with van der Waals surface area (Å²) in [6.45, 7) is 2.07. The van der Waals surface area contributed by atoms with E-state index >= 15 is 0 Å². The molecule has 0 bridgehead atoms. The van der Waals surface area contributed by atoms with E-state index in [0.717, 1.165) is 16.9 Å². The highest BCUT2D eigenvalue weighted by atomic mass is 16.5. The first kappa shape index (κ1) is 11.3.